The Labute approximate surface area is 69.2 Å². The van der Waals surface area contributed by atoms with Crippen molar-refractivity contribution in [3.8, 4) is 11.9 Å². The summed E-state index contributed by atoms with van der Waals surface area (Å²) < 4.78 is 4.79. The van der Waals surface area contributed by atoms with Gasteiger partial charge in [0.1, 0.15) is 5.15 Å². The van der Waals surface area contributed by atoms with Gasteiger partial charge in [0.05, 0.1) is 18.7 Å². The maximum atomic E-state index is 8.49. The molecule has 0 bridgehead atoms. The predicted octanol–water partition coefficient (Wildman–Crippen LogP) is 1.62. The summed E-state index contributed by atoms with van der Waals surface area (Å²) in [5.74, 6) is 0.356. The van der Waals surface area contributed by atoms with E-state index in [0.29, 0.717) is 11.4 Å². The first-order valence-electron chi connectivity index (χ1n) is 2.88. The molecule has 1 rings (SSSR count). The number of rotatable bonds is 1. The van der Waals surface area contributed by atoms with E-state index in [9.17, 15) is 0 Å². The molecule has 11 heavy (non-hydrogen) atoms. The lowest BCUT2D eigenvalue weighted by Crippen LogP contribution is -1.88. The fourth-order valence-electron chi connectivity index (χ4n) is 0.642. The standard InChI is InChI=1S/C7H5ClN2O/c1-11-7-3-5(4-9)2-6(8)10-7/h2-3H,1H3. The van der Waals surface area contributed by atoms with Crippen molar-refractivity contribution in [2.45, 2.75) is 0 Å². The summed E-state index contributed by atoms with van der Waals surface area (Å²) in [5, 5.41) is 8.75. The van der Waals surface area contributed by atoms with Crippen molar-refractivity contribution in [1.29, 1.82) is 5.26 Å². The molecule has 0 atom stereocenters. The molecule has 0 aliphatic heterocycles. The van der Waals surface area contributed by atoms with Gasteiger partial charge in [0.15, 0.2) is 0 Å². The van der Waals surface area contributed by atoms with Crippen molar-refractivity contribution in [2.24, 2.45) is 0 Å². The van der Waals surface area contributed by atoms with Crippen LogP contribution in [0.5, 0.6) is 5.88 Å². The van der Waals surface area contributed by atoms with Gasteiger partial charge in [-0.15, -0.1) is 0 Å². The summed E-state index contributed by atoms with van der Waals surface area (Å²) in [6.45, 7) is 0. The molecule has 0 unspecified atom stereocenters. The largest absolute Gasteiger partial charge is 0.481 e. The number of methoxy groups -OCH3 is 1. The highest BCUT2D eigenvalue weighted by Crippen LogP contribution is 2.14. The van der Waals surface area contributed by atoms with E-state index in [4.69, 9.17) is 21.6 Å². The smallest absolute Gasteiger partial charge is 0.215 e. The van der Waals surface area contributed by atoms with Crippen molar-refractivity contribution in [3.05, 3.63) is 22.8 Å². The Kier molecular flexibility index (Phi) is 2.29. The fourth-order valence-corrected chi connectivity index (χ4v) is 0.843. The Morgan fingerprint density at radius 3 is 2.91 bits per heavy atom. The summed E-state index contributed by atoms with van der Waals surface area (Å²) in [6.07, 6.45) is 0. The molecule has 1 aromatic rings. The fraction of sp³-hybridized carbons (Fsp3) is 0.143. The molecular weight excluding hydrogens is 164 g/mol. The summed E-state index contributed by atoms with van der Waals surface area (Å²) in [7, 11) is 1.47. The second kappa shape index (κ2) is 3.22. The molecule has 0 radical (unpaired) electrons. The van der Waals surface area contributed by atoms with Crippen LogP contribution in [0.2, 0.25) is 5.15 Å². The second-order valence-electron chi connectivity index (χ2n) is 1.83. The SMILES string of the molecule is COc1cc(C#N)cc(Cl)n1. The Hall–Kier alpha value is -1.27. The maximum Gasteiger partial charge on any atom is 0.215 e. The van der Waals surface area contributed by atoms with E-state index in [-0.39, 0.29) is 5.15 Å². The Bertz CT molecular complexity index is 306. The molecule has 0 aromatic carbocycles. The minimum Gasteiger partial charge on any atom is -0.481 e. The maximum absolute atomic E-state index is 8.49. The van der Waals surface area contributed by atoms with E-state index in [1.807, 2.05) is 6.07 Å². The highest BCUT2D eigenvalue weighted by atomic mass is 35.5. The average Bonchev–Trinajstić information content (AvgIpc) is 2.03. The topological polar surface area (TPSA) is 45.9 Å². The number of hydrogen-bond acceptors (Lipinski definition) is 3. The highest BCUT2D eigenvalue weighted by molar-refractivity contribution is 6.29. The van der Waals surface area contributed by atoms with Crippen molar-refractivity contribution in [2.75, 3.05) is 7.11 Å². The number of pyridine rings is 1. The third-order valence-corrected chi connectivity index (χ3v) is 1.30. The quantitative estimate of drug-likeness (QED) is 0.599. The Morgan fingerprint density at radius 1 is 1.64 bits per heavy atom. The molecule has 0 spiro atoms. The van der Waals surface area contributed by atoms with Gasteiger partial charge < -0.3 is 4.74 Å². The molecule has 4 heteroatoms. The van der Waals surface area contributed by atoms with Crippen LogP contribution in [-0.4, -0.2) is 12.1 Å². The lowest BCUT2D eigenvalue weighted by molar-refractivity contribution is 0.398. The van der Waals surface area contributed by atoms with Crippen LogP contribution < -0.4 is 4.74 Å². The van der Waals surface area contributed by atoms with E-state index >= 15 is 0 Å². The van der Waals surface area contributed by atoms with Crippen LogP contribution in [0.25, 0.3) is 0 Å². The summed E-state index contributed by atoms with van der Waals surface area (Å²) in [5.41, 5.74) is 0.446. The van der Waals surface area contributed by atoms with Gasteiger partial charge in [0.2, 0.25) is 5.88 Å². The molecule has 0 saturated carbocycles. The predicted molar refractivity (Wildman–Crippen MR) is 40.5 cm³/mol. The van der Waals surface area contributed by atoms with Crippen LogP contribution >= 0.6 is 11.6 Å². The van der Waals surface area contributed by atoms with Crippen molar-refractivity contribution >= 4 is 11.6 Å². The first kappa shape index (κ1) is 7.83. The molecule has 3 nitrogen and oxygen atoms in total. The zero-order valence-corrected chi connectivity index (χ0v) is 6.59. The summed E-state index contributed by atoms with van der Waals surface area (Å²) >= 11 is 5.57. The van der Waals surface area contributed by atoms with E-state index in [1.54, 1.807) is 0 Å². The number of nitriles is 1. The molecule has 1 aromatic heterocycles. The van der Waals surface area contributed by atoms with E-state index in [2.05, 4.69) is 4.98 Å². The molecule has 0 N–H and O–H groups in total. The number of hydrogen-bond donors (Lipinski definition) is 0. The van der Waals surface area contributed by atoms with Crippen molar-refractivity contribution in [3.63, 3.8) is 0 Å². The molecule has 1 heterocycles. The van der Waals surface area contributed by atoms with Crippen LogP contribution in [-0.2, 0) is 0 Å². The third-order valence-electron chi connectivity index (χ3n) is 1.11. The monoisotopic (exact) mass is 168 g/mol. The molecule has 0 aliphatic rings. The van der Waals surface area contributed by atoms with E-state index in [1.165, 1.54) is 19.2 Å². The van der Waals surface area contributed by atoms with Gasteiger partial charge in [-0.1, -0.05) is 11.6 Å². The molecule has 56 valence electrons. The highest BCUT2D eigenvalue weighted by Gasteiger charge is 1.98. The number of nitrogens with zero attached hydrogens (tertiary/aromatic N) is 2. The number of aromatic nitrogens is 1. The lowest BCUT2D eigenvalue weighted by atomic mass is 10.3. The van der Waals surface area contributed by atoms with E-state index in [0.717, 1.165) is 0 Å². The summed E-state index contributed by atoms with van der Waals surface area (Å²) in [6, 6.07) is 4.93. The van der Waals surface area contributed by atoms with Crippen LogP contribution in [0.15, 0.2) is 12.1 Å². The third kappa shape index (κ3) is 1.82. The number of halogens is 1. The molecule has 0 aliphatic carbocycles. The zero-order chi connectivity index (χ0) is 8.27. The first-order chi connectivity index (χ1) is 5.26. The minimum atomic E-state index is 0.265. The van der Waals surface area contributed by atoms with Crippen molar-refractivity contribution < 1.29 is 4.74 Å². The minimum absolute atomic E-state index is 0.265. The van der Waals surface area contributed by atoms with Crippen LogP contribution in [0.3, 0.4) is 0 Å². The van der Waals surface area contributed by atoms with Crippen molar-refractivity contribution in [1.82, 2.24) is 4.98 Å². The molecule has 0 saturated heterocycles. The molecular formula is C7H5ClN2O. The van der Waals surface area contributed by atoms with Gasteiger partial charge >= 0.3 is 0 Å². The van der Waals surface area contributed by atoms with Gasteiger partial charge in [0, 0.05) is 6.07 Å². The number of ether oxygens (including phenoxy) is 1. The first-order valence-corrected chi connectivity index (χ1v) is 3.25. The van der Waals surface area contributed by atoms with Gasteiger partial charge in [-0.3, -0.25) is 0 Å². The lowest BCUT2D eigenvalue weighted by Gasteiger charge is -1.97. The second-order valence-corrected chi connectivity index (χ2v) is 2.22. The zero-order valence-electron chi connectivity index (χ0n) is 5.84. The summed E-state index contributed by atoms with van der Waals surface area (Å²) in [4.78, 5) is 3.79. The Balaban J connectivity index is 3.15. The van der Waals surface area contributed by atoms with Crippen LogP contribution in [0.4, 0.5) is 0 Å². The van der Waals surface area contributed by atoms with Gasteiger partial charge in [-0.2, -0.15) is 5.26 Å². The average molecular weight is 169 g/mol. The molecule has 0 fully saturated rings. The van der Waals surface area contributed by atoms with Crippen LogP contribution in [0.1, 0.15) is 5.56 Å². The van der Waals surface area contributed by atoms with Gasteiger partial charge in [-0.25, -0.2) is 4.98 Å². The van der Waals surface area contributed by atoms with E-state index < -0.39 is 0 Å². The Morgan fingerprint density at radius 2 is 2.36 bits per heavy atom. The normalized spacial score (nSPS) is 8.82. The van der Waals surface area contributed by atoms with Gasteiger partial charge in [0.25, 0.3) is 0 Å². The van der Waals surface area contributed by atoms with Crippen LogP contribution in [0, 0.1) is 11.3 Å². The molecule has 0 amide bonds. The van der Waals surface area contributed by atoms with Gasteiger partial charge in [-0.05, 0) is 6.07 Å².